The van der Waals surface area contributed by atoms with Gasteiger partial charge >= 0.3 is 6.18 Å². The first kappa shape index (κ1) is 20.9. The summed E-state index contributed by atoms with van der Waals surface area (Å²) in [5.74, 6) is -0.626. The Kier molecular flexibility index (Phi) is 5.20. The fourth-order valence-electron chi connectivity index (χ4n) is 3.80. The van der Waals surface area contributed by atoms with Crippen LogP contribution in [0.1, 0.15) is 41.6 Å². The van der Waals surface area contributed by atoms with Gasteiger partial charge in [0.2, 0.25) is 0 Å². The molecule has 0 aliphatic carbocycles. The van der Waals surface area contributed by atoms with Crippen LogP contribution in [-0.2, 0) is 6.18 Å². The van der Waals surface area contributed by atoms with E-state index in [4.69, 9.17) is 4.74 Å². The van der Waals surface area contributed by atoms with Crippen molar-refractivity contribution >= 4 is 11.6 Å². The number of aromatic nitrogens is 3. The lowest BCUT2D eigenvalue weighted by molar-refractivity contribution is -0.138. The van der Waals surface area contributed by atoms with E-state index in [0.29, 0.717) is 16.9 Å². The summed E-state index contributed by atoms with van der Waals surface area (Å²) in [5, 5.41) is 4.39. The van der Waals surface area contributed by atoms with E-state index in [9.17, 15) is 18.0 Å². The van der Waals surface area contributed by atoms with Crippen LogP contribution in [0, 0.1) is 6.92 Å². The monoisotopic (exact) mass is 430 g/mol. The van der Waals surface area contributed by atoms with Crippen LogP contribution in [0.3, 0.4) is 0 Å². The minimum absolute atomic E-state index is 0.0786. The summed E-state index contributed by atoms with van der Waals surface area (Å²) in [4.78, 5) is 19.1. The molecular formula is C22H21F3N4O2. The third kappa shape index (κ3) is 3.75. The smallest absolute Gasteiger partial charge is 0.419 e. The minimum Gasteiger partial charge on any atom is -0.493 e. The van der Waals surface area contributed by atoms with Crippen LogP contribution in [0.5, 0.6) is 5.75 Å². The number of nitrogens with zero attached hydrogens (tertiary/aromatic N) is 4. The van der Waals surface area contributed by atoms with Gasteiger partial charge in [-0.1, -0.05) is 0 Å². The molecular weight excluding hydrogens is 409 g/mol. The van der Waals surface area contributed by atoms with E-state index in [-0.39, 0.29) is 30.9 Å². The van der Waals surface area contributed by atoms with Gasteiger partial charge in [-0.2, -0.15) is 18.3 Å². The topological polar surface area (TPSA) is 60.2 Å². The summed E-state index contributed by atoms with van der Waals surface area (Å²) >= 11 is 0. The molecule has 0 radical (unpaired) electrons. The van der Waals surface area contributed by atoms with Crippen molar-refractivity contribution in [2.45, 2.75) is 33.0 Å². The van der Waals surface area contributed by atoms with Crippen LogP contribution in [-0.4, -0.2) is 33.8 Å². The lowest BCUT2D eigenvalue weighted by Gasteiger charge is -2.33. The van der Waals surface area contributed by atoms with Crippen LogP contribution in [0.2, 0.25) is 0 Å². The van der Waals surface area contributed by atoms with Crippen LogP contribution in [0.4, 0.5) is 18.9 Å². The molecule has 4 rings (SSSR count). The standard InChI is InChI=1S/C22H21F3N4O2/c1-4-31-19-10-16(5-6-18(19)22(23,24)25)28-12-14(3)29-20(21(28)30)17(11-27-29)15-7-8-26-13(2)9-15/h5-11,14H,4,12H2,1-3H3/t14-/m1/s1. The second-order valence-corrected chi connectivity index (χ2v) is 7.41. The first-order chi connectivity index (χ1) is 14.7. The first-order valence-corrected chi connectivity index (χ1v) is 9.87. The summed E-state index contributed by atoms with van der Waals surface area (Å²) in [6.45, 7) is 5.73. The molecule has 0 saturated heterocycles. The van der Waals surface area contributed by atoms with Gasteiger partial charge in [0.25, 0.3) is 5.91 Å². The number of pyridine rings is 1. The molecule has 6 nitrogen and oxygen atoms in total. The molecule has 3 heterocycles. The fraction of sp³-hybridized carbons (Fsp3) is 0.318. The van der Waals surface area contributed by atoms with Crippen molar-refractivity contribution in [3.05, 3.63) is 59.7 Å². The van der Waals surface area contributed by atoms with Crippen molar-refractivity contribution in [2.75, 3.05) is 18.1 Å². The maximum atomic E-state index is 13.4. The normalized spacial score (nSPS) is 16.4. The second-order valence-electron chi connectivity index (χ2n) is 7.41. The zero-order chi connectivity index (χ0) is 22.3. The number of carbonyl (C=O) groups is 1. The summed E-state index contributed by atoms with van der Waals surface area (Å²) in [6.07, 6.45) is -1.25. The van der Waals surface area contributed by atoms with Crippen molar-refractivity contribution in [1.29, 1.82) is 0 Å². The summed E-state index contributed by atoms with van der Waals surface area (Å²) < 4.78 is 46.9. The SMILES string of the molecule is CCOc1cc(N2C[C@@H](C)n3ncc(-c4ccnc(C)c4)c3C2=O)ccc1C(F)(F)F. The number of aryl methyl sites for hydroxylation is 1. The van der Waals surface area contributed by atoms with E-state index < -0.39 is 11.7 Å². The van der Waals surface area contributed by atoms with Crippen LogP contribution < -0.4 is 9.64 Å². The van der Waals surface area contributed by atoms with E-state index in [1.165, 1.54) is 17.0 Å². The Bertz CT molecular complexity index is 1140. The Balaban J connectivity index is 1.78. The quantitative estimate of drug-likeness (QED) is 0.591. The summed E-state index contributed by atoms with van der Waals surface area (Å²) in [7, 11) is 0. The largest absolute Gasteiger partial charge is 0.493 e. The highest BCUT2D eigenvalue weighted by Gasteiger charge is 2.37. The van der Waals surface area contributed by atoms with E-state index in [1.807, 2.05) is 19.9 Å². The van der Waals surface area contributed by atoms with Gasteiger partial charge in [0.1, 0.15) is 11.4 Å². The molecule has 0 saturated carbocycles. The van der Waals surface area contributed by atoms with Gasteiger partial charge < -0.3 is 9.64 Å². The van der Waals surface area contributed by atoms with Crippen molar-refractivity contribution in [1.82, 2.24) is 14.8 Å². The molecule has 0 bridgehead atoms. The lowest BCUT2D eigenvalue weighted by Crippen LogP contribution is -2.42. The van der Waals surface area contributed by atoms with Gasteiger partial charge in [0.05, 0.1) is 24.4 Å². The van der Waals surface area contributed by atoms with Crippen molar-refractivity contribution < 1.29 is 22.7 Å². The Morgan fingerprint density at radius 3 is 2.68 bits per heavy atom. The highest BCUT2D eigenvalue weighted by Crippen LogP contribution is 2.40. The molecule has 1 amide bonds. The Labute approximate surface area is 177 Å². The third-order valence-electron chi connectivity index (χ3n) is 5.20. The predicted octanol–water partition coefficient (Wildman–Crippen LogP) is 4.89. The Hall–Kier alpha value is -3.36. The fourth-order valence-corrected chi connectivity index (χ4v) is 3.80. The van der Waals surface area contributed by atoms with Gasteiger partial charge in [-0.3, -0.25) is 14.5 Å². The van der Waals surface area contributed by atoms with Crippen molar-refractivity contribution in [3.8, 4) is 16.9 Å². The maximum absolute atomic E-state index is 13.4. The number of anilines is 1. The van der Waals surface area contributed by atoms with Gasteiger partial charge in [0.15, 0.2) is 0 Å². The van der Waals surface area contributed by atoms with Crippen LogP contribution >= 0.6 is 0 Å². The maximum Gasteiger partial charge on any atom is 0.419 e. The Morgan fingerprint density at radius 1 is 1.23 bits per heavy atom. The molecule has 1 aliphatic heterocycles. The van der Waals surface area contributed by atoms with Crippen molar-refractivity contribution in [3.63, 3.8) is 0 Å². The zero-order valence-corrected chi connectivity index (χ0v) is 17.3. The van der Waals surface area contributed by atoms with E-state index >= 15 is 0 Å². The predicted molar refractivity (Wildman–Crippen MR) is 109 cm³/mol. The number of hydrogen-bond acceptors (Lipinski definition) is 4. The number of ether oxygens (including phenoxy) is 1. The molecule has 31 heavy (non-hydrogen) atoms. The number of hydrogen-bond donors (Lipinski definition) is 0. The molecule has 3 aromatic rings. The number of amides is 1. The highest BCUT2D eigenvalue weighted by atomic mass is 19.4. The molecule has 1 atom stereocenters. The molecule has 162 valence electrons. The van der Waals surface area contributed by atoms with Crippen molar-refractivity contribution in [2.24, 2.45) is 0 Å². The number of fused-ring (bicyclic) bond motifs is 1. The molecule has 1 aliphatic rings. The minimum atomic E-state index is -4.55. The van der Waals surface area contributed by atoms with Gasteiger partial charge in [-0.05, 0) is 50.6 Å². The molecule has 0 N–H and O–H groups in total. The molecule has 0 unspecified atom stereocenters. The molecule has 9 heteroatoms. The summed E-state index contributed by atoms with van der Waals surface area (Å²) in [6, 6.07) is 7.03. The van der Waals surface area contributed by atoms with E-state index in [1.54, 1.807) is 30.1 Å². The lowest BCUT2D eigenvalue weighted by atomic mass is 10.0. The van der Waals surface area contributed by atoms with Gasteiger partial charge in [-0.15, -0.1) is 0 Å². The number of benzene rings is 1. The van der Waals surface area contributed by atoms with Gasteiger partial charge in [-0.25, -0.2) is 0 Å². The third-order valence-corrected chi connectivity index (χ3v) is 5.20. The Morgan fingerprint density at radius 2 is 2.00 bits per heavy atom. The highest BCUT2D eigenvalue weighted by molar-refractivity contribution is 6.09. The average Bonchev–Trinajstić information content (AvgIpc) is 3.16. The van der Waals surface area contributed by atoms with Crippen LogP contribution in [0.15, 0.2) is 42.7 Å². The number of carbonyl (C=O) groups excluding carboxylic acids is 1. The molecule has 0 fully saturated rings. The zero-order valence-electron chi connectivity index (χ0n) is 17.3. The number of halogens is 3. The van der Waals surface area contributed by atoms with Crippen LogP contribution in [0.25, 0.3) is 11.1 Å². The number of alkyl halides is 3. The number of rotatable bonds is 4. The molecule has 2 aromatic heterocycles. The van der Waals surface area contributed by atoms with E-state index in [2.05, 4.69) is 10.1 Å². The summed E-state index contributed by atoms with van der Waals surface area (Å²) in [5.41, 5.74) is 2.13. The molecule has 0 spiro atoms. The molecule has 1 aromatic carbocycles. The van der Waals surface area contributed by atoms with Gasteiger partial charge in [0, 0.05) is 35.8 Å². The second kappa shape index (κ2) is 7.72. The average molecular weight is 430 g/mol. The first-order valence-electron chi connectivity index (χ1n) is 9.87. The van der Waals surface area contributed by atoms with E-state index in [0.717, 1.165) is 17.3 Å².